The number of nitrogens with one attached hydrogen (secondary N) is 2. The predicted molar refractivity (Wildman–Crippen MR) is 143 cm³/mol. The van der Waals surface area contributed by atoms with Crippen LogP contribution in [0.4, 0.5) is 26.2 Å². The number of anilines is 3. The van der Waals surface area contributed by atoms with E-state index < -0.39 is 17.5 Å². The predicted octanol–water partition coefficient (Wildman–Crippen LogP) is 3.76. The largest absolute Gasteiger partial charge is 0.396 e. The zero-order valence-corrected chi connectivity index (χ0v) is 21.6. The fourth-order valence-electron chi connectivity index (χ4n) is 4.72. The van der Waals surface area contributed by atoms with Crippen molar-refractivity contribution in [2.24, 2.45) is 0 Å². The molecule has 3 N–H and O–H groups in total. The number of rotatable bonds is 9. The molecular formula is C27H30F2N8O2. The quantitative estimate of drug-likeness (QED) is 0.277. The van der Waals surface area contributed by atoms with Crippen LogP contribution in [0, 0.1) is 11.6 Å². The Morgan fingerprint density at radius 2 is 1.87 bits per heavy atom. The molecule has 0 saturated carbocycles. The Morgan fingerprint density at radius 3 is 2.56 bits per heavy atom. The number of amides is 1. The molecule has 0 spiro atoms. The molecule has 204 valence electrons. The summed E-state index contributed by atoms with van der Waals surface area (Å²) in [6, 6.07) is 3.99. The van der Waals surface area contributed by atoms with Crippen molar-refractivity contribution in [2.75, 3.05) is 36.5 Å². The van der Waals surface area contributed by atoms with Gasteiger partial charge in [-0.25, -0.2) is 28.7 Å². The number of nitrogens with zero attached hydrogens (tertiary/aromatic N) is 6. The number of halogens is 2. The minimum atomic E-state index is -0.682. The highest BCUT2D eigenvalue weighted by Crippen LogP contribution is 2.33. The second-order valence-electron chi connectivity index (χ2n) is 9.42. The standard InChI is InChI=1S/C27H30F2N8O2/c1-2-17-13-31-27(32-14-17)36-9-6-19(7-10-36)37-15-21(29)23-24(33-16-34-25(23)37)35-22-5-4-18(12-20(22)28)26(39)30-8-3-11-38/h4-5,12-16,19,38H,2-3,6-11H2,1H3,(H,30,39)(H,33,34,35). The van der Waals surface area contributed by atoms with E-state index in [-0.39, 0.29) is 41.6 Å². The van der Waals surface area contributed by atoms with E-state index in [0.717, 1.165) is 44.0 Å². The smallest absolute Gasteiger partial charge is 0.251 e. The molecule has 3 aromatic heterocycles. The number of carbonyl (C=O) groups is 1. The van der Waals surface area contributed by atoms with Gasteiger partial charge in [0.25, 0.3) is 5.91 Å². The Bertz CT molecular complexity index is 1450. The maximum atomic E-state index is 15.2. The Labute approximate surface area is 224 Å². The lowest BCUT2D eigenvalue weighted by Crippen LogP contribution is -2.35. The number of aliphatic hydroxyl groups is 1. The van der Waals surface area contributed by atoms with E-state index in [9.17, 15) is 9.18 Å². The average molecular weight is 537 g/mol. The monoisotopic (exact) mass is 536 g/mol. The molecule has 0 radical (unpaired) electrons. The van der Waals surface area contributed by atoms with E-state index in [1.165, 1.54) is 24.7 Å². The topological polar surface area (TPSA) is 121 Å². The van der Waals surface area contributed by atoms with Gasteiger partial charge >= 0.3 is 0 Å². The van der Waals surface area contributed by atoms with Crippen LogP contribution in [-0.2, 0) is 6.42 Å². The molecule has 4 heterocycles. The van der Waals surface area contributed by atoms with E-state index >= 15 is 4.39 Å². The number of hydrogen-bond acceptors (Lipinski definition) is 8. The lowest BCUT2D eigenvalue weighted by atomic mass is 10.1. The number of piperidine rings is 1. The van der Waals surface area contributed by atoms with Crippen LogP contribution in [-0.4, -0.2) is 61.8 Å². The number of aryl methyl sites for hydroxylation is 1. The lowest BCUT2D eigenvalue weighted by Gasteiger charge is -2.32. The molecule has 39 heavy (non-hydrogen) atoms. The molecule has 0 unspecified atom stereocenters. The summed E-state index contributed by atoms with van der Waals surface area (Å²) in [7, 11) is 0. The molecule has 1 aliphatic heterocycles. The Balaban J connectivity index is 1.31. The van der Waals surface area contributed by atoms with Gasteiger partial charge in [0.1, 0.15) is 23.6 Å². The van der Waals surface area contributed by atoms with Gasteiger partial charge < -0.3 is 25.2 Å². The molecule has 12 heteroatoms. The SMILES string of the molecule is CCc1cnc(N2CCC(n3cc(F)c4c(Nc5ccc(C(=O)NCCCO)cc5F)ncnc43)CC2)nc1. The lowest BCUT2D eigenvalue weighted by molar-refractivity contribution is 0.0950. The molecule has 1 amide bonds. The van der Waals surface area contributed by atoms with Crippen molar-refractivity contribution in [3.63, 3.8) is 0 Å². The number of aromatic nitrogens is 5. The minimum Gasteiger partial charge on any atom is -0.396 e. The highest BCUT2D eigenvalue weighted by atomic mass is 19.1. The Hall–Kier alpha value is -4.19. The Morgan fingerprint density at radius 1 is 1.10 bits per heavy atom. The van der Waals surface area contributed by atoms with Gasteiger partial charge in [-0.15, -0.1) is 0 Å². The van der Waals surface area contributed by atoms with Crippen molar-refractivity contribution >= 4 is 34.4 Å². The second-order valence-corrected chi connectivity index (χ2v) is 9.42. The second kappa shape index (κ2) is 11.7. The number of hydrogen-bond donors (Lipinski definition) is 3. The van der Waals surface area contributed by atoms with Crippen molar-refractivity contribution in [3.8, 4) is 0 Å². The summed E-state index contributed by atoms with van der Waals surface area (Å²) in [5.74, 6) is -0.805. The molecule has 1 fully saturated rings. The molecular weight excluding hydrogens is 506 g/mol. The van der Waals surface area contributed by atoms with E-state index in [1.54, 1.807) is 0 Å². The number of aliphatic hydroxyl groups excluding tert-OH is 1. The van der Waals surface area contributed by atoms with E-state index in [0.29, 0.717) is 18.0 Å². The van der Waals surface area contributed by atoms with Crippen LogP contribution in [0.5, 0.6) is 0 Å². The van der Waals surface area contributed by atoms with Gasteiger partial charge in [0, 0.05) is 56.4 Å². The third-order valence-corrected chi connectivity index (χ3v) is 6.91. The first-order valence-electron chi connectivity index (χ1n) is 13.0. The maximum absolute atomic E-state index is 15.2. The van der Waals surface area contributed by atoms with E-state index in [4.69, 9.17) is 5.11 Å². The molecule has 0 aliphatic carbocycles. The van der Waals surface area contributed by atoms with Crippen LogP contribution in [0.3, 0.4) is 0 Å². The highest BCUT2D eigenvalue weighted by molar-refractivity contribution is 5.95. The van der Waals surface area contributed by atoms with Crippen LogP contribution >= 0.6 is 0 Å². The molecule has 0 atom stereocenters. The molecule has 1 aromatic carbocycles. The third-order valence-electron chi connectivity index (χ3n) is 6.91. The third kappa shape index (κ3) is 5.65. The van der Waals surface area contributed by atoms with Crippen molar-refractivity contribution < 1.29 is 18.7 Å². The van der Waals surface area contributed by atoms with Crippen molar-refractivity contribution in [2.45, 2.75) is 38.6 Å². The molecule has 10 nitrogen and oxygen atoms in total. The number of fused-ring (bicyclic) bond motifs is 1. The van der Waals surface area contributed by atoms with Crippen molar-refractivity contribution in [3.05, 3.63) is 65.9 Å². The van der Waals surface area contributed by atoms with Gasteiger partial charge in [-0.3, -0.25) is 4.79 Å². The molecule has 5 rings (SSSR count). The zero-order valence-electron chi connectivity index (χ0n) is 21.6. The van der Waals surface area contributed by atoms with E-state index in [2.05, 4.69) is 42.4 Å². The normalized spacial score (nSPS) is 14.1. The average Bonchev–Trinajstić information content (AvgIpc) is 3.31. The number of carbonyl (C=O) groups excluding carboxylic acids is 1. The van der Waals surface area contributed by atoms with Gasteiger partial charge in [-0.1, -0.05) is 6.92 Å². The molecule has 4 aromatic rings. The Kier molecular flexibility index (Phi) is 7.92. The first-order chi connectivity index (χ1) is 19.0. The first-order valence-corrected chi connectivity index (χ1v) is 13.0. The molecule has 1 saturated heterocycles. The minimum absolute atomic E-state index is 0.0197. The van der Waals surface area contributed by atoms with Gasteiger partial charge in [0.2, 0.25) is 5.95 Å². The first kappa shape index (κ1) is 26.4. The summed E-state index contributed by atoms with van der Waals surface area (Å²) >= 11 is 0. The van der Waals surface area contributed by atoms with E-state index in [1.807, 2.05) is 17.0 Å². The summed E-state index contributed by atoms with van der Waals surface area (Å²) in [6.45, 7) is 3.73. The molecule has 1 aliphatic rings. The van der Waals surface area contributed by atoms with Crippen molar-refractivity contribution in [1.82, 2.24) is 29.8 Å². The summed E-state index contributed by atoms with van der Waals surface area (Å²) in [5, 5.41) is 14.5. The van der Waals surface area contributed by atoms with Gasteiger partial charge in [-0.2, -0.15) is 0 Å². The fraction of sp³-hybridized carbons (Fsp3) is 0.370. The summed E-state index contributed by atoms with van der Waals surface area (Å²) in [6.07, 6.45) is 9.24. The summed E-state index contributed by atoms with van der Waals surface area (Å²) in [5.41, 5.74) is 1.70. The van der Waals surface area contributed by atoms with Crippen molar-refractivity contribution in [1.29, 1.82) is 0 Å². The van der Waals surface area contributed by atoms with Gasteiger partial charge in [0.05, 0.1) is 11.1 Å². The van der Waals surface area contributed by atoms with Crippen LogP contribution in [0.25, 0.3) is 11.0 Å². The zero-order chi connectivity index (χ0) is 27.4. The number of benzene rings is 1. The fourth-order valence-corrected chi connectivity index (χ4v) is 4.72. The van der Waals surface area contributed by atoms with Gasteiger partial charge in [0.15, 0.2) is 5.82 Å². The highest BCUT2D eigenvalue weighted by Gasteiger charge is 2.26. The molecule has 0 bridgehead atoms. The summed E-state index contributed by atoms with van der Waals surface area (Å²) in [4.78, 5) is 31.8. The van der Waals surface area contributed by atoms with Crippen LogP contribution in [0.1, 0.15) is 48.1 Å². The van der Waals surface area contributed by atoms with Crippen LogP contribution in [0.2, 0.25) is 0 Å². The summed E-state index contributed by atoms with van der Waals surface area (Å²) < 4.78 is 31.9. The van der Waals surface area contributed by atoms with Gasteiger partial charge in [-0.05, 0) is 49.4 Å². The maximum Gasteiger partial charge on any atom is 0.251 e. The van der Waals surface area contributed by atoms with Crippen LogP contribution in [0.15, 0.2) is 43.1 Å². The van der Waals surface area contributed by atoms with Crippen LogP contribution < -0.4 is 15.5 Å².